The van der Waals surface area contributed by atoms with Crippen molar-refractivity contribution in [3.63, 3.8) is 0 Å². The maximum absolute atomic E-state index is 10.9. The smallest absolute Gasteiger partial charge is 0.231 e. The van der Waals surface area contributed by atoms with Crippen molar-refractivity contribution >= 4 is 17.4 Å². The minimum Gasteiger partial charge on any atom is -0.384 e. The Balaban J connectivity index is 1.23. The van der Waals surface area contributed by atoms with Crippen LogP contribution in [0.1, 0.15) is 0 Å². The number of nitrogens with two attached hydrogens (primary N) is 2. The summed E-state index contributed by atoms with van der Waals surface area (Å²) in [5.74, 6) is 1.49. The van der Waals surface area contributed by atoms with Crippen LogP contribution >= 0.6 is 0 Å². The molecule has 1 aromatic heterocycles. The van der Waals surface area contributed by atoms with E-state index in [2.05, 4.69) is 63.7 Å². The first-order valence-electron chi connectivity index (χ1n) is 10.3. The number of benzene rings is 2. The van der Waals surface area contributed by atoms with Crippen molar-refractivity contribution in [3.8, 4) is 22.4 Å². The van der Waals surface area contributed by atoms with Crippen LogP contribution in [0.15, 0.2) is 66.7 Å². The summed E-state index contributed by atoms with van der Waals surface area (Å²) in [4.78, 5) is 17.7. The van der Waals surface area contributed by atoms with Crippen LogP contribution in [0, 0.1) is 11.8 Å². The maximum Gasteiger partial charge on any atom is 0.231 e. The number of hydrogen-bond acceptors (Lipinski definition) is 5. The van der Waals surface area contributed by atoms with Crippen LogP contribution in [-0.2, 0) is 4.79 Å². The number of piperidine rings is 1. The first-order valence-corrected chi connectivity index (χ1v) is 10.3. The van der Waals surface area contributed by atoms with Crippen LogP contribution in [0.2, 0.25) is 0 Å². The molecule has 2 heterocycles. The van der Waals surface area contributed by atoms with Crippen LogP contribution in [0.5, 0.6) is 0 Å². The molecule has 3 aromatic rings. The molecule has 1 saturated carbocycles. The van der Waals surface area contributed by atoms with Crippen LogP contribution in [0.3, 0.4) is 0 Å². The van der Waals surface area contributed by atoms with Crippen LogP contribution < -0.4 is 21.7 Å². The van der Waals surface area contributed by atoms with E-state index >= 15 is 0 Å². The number of primary amides is 1. The molecule has 2 atom stereocenters. The number of hydrogen-bond donors (Lipinski definition) is 3. The van der Waals surface area contributed by atoms with Gasteiger partial charge in [0.1, 0.15) is 5.82 Å². The fourth-order valence-corrected chi connectivity index (χ4v) is 4.57. The highest BCUT2D eigenvalue weighted by atomic mass is 16.1. The summed E-state index contributed by atoms with van der Waals surface area (Å²) >= 11 is 0. The van der Waals surface area contributed by atoms with Gasteiger partial charge in [0.05, 0.1) is 12.2 Å². The largest absolute Gasteiger partial charge is 0.384 e. The second kappa shape index (κ2) is 7.46. The minimum absolute atomic E-state index is 0.277. The van der Waals surface area contributed by atoms with E-state index in [1.54, 1.807) is 6.07 Å². The molecule has 152 valence electrons. The molecule has 30 heavy (non-hydrogen) atoms. The van der Waals surface area contributed by atoms with Crippen molar-refractivity contribution < 1.29 is 4.79 Å². The number of pyridine rings is 1. The highest BCUT2D eigenvalue weighted by Gasteiger charge is 2.55. The van der Waals surface area contributed by atoms with Gasteiger partial charge in [-0.3, -0.25) is 4.79 Å². The molecular weight excluding hydrogens is 374 g/mol. The molecular formula is C24H25N5O. The Hall–Kier alpha value is -3.38. The van der Waals surface area contributed by atoms with Gasteiger partial charge in [0.25, 0.3) is 0 Å². The van der Waals surface area contributed by atoms with E-state index in [9.17, 15) is 4.79 Å². The van der Waals surface area contributed by atoms with E-state index in [0.717, 1.165) is 24.3 Å². The fraction of sp³-hybridized carbons (Fsp3) is 0.250. The monoisotopic (exact) mass is 399 g/mol. The maximum atomic E-state index is 10.9. The number of nitrogens with one attached hydrogen (secondary N) is 1. The molecule has 6 heteroatoms. The van der Waals surface area contributed by atoms with Gasteiger partial charge in [-0.25, -0.2) is 4.98 Å². The lowest BCUT2D eigenvalue weighted by atomic mass is 10.0. The van der Waals surface area contributed by atoms with Crippen LogP contribution in [0.25, 0.3) is 22.4 Å². The van der Waals surface area contributed by atoms with Crippen molar-refractivity contribution in [2.45, 2.75) is 6.04 Å². The summed E-state index contributed by atoms with van der Waals surface area (Å²) < 4.78 is 0. The summed E-state index contributed by atoms with van der Waals surface area (Å²) in [5, 5.41) is 3.27. The molecule has 2 aliphatic rings. The number of rotatable bonds is 6. The van der Waals surface area contributed by atoms with Crippen LogP contribution in [0.4, 0.5) is 11.5 Å². The molecule has 6 nitrogen and oxygen atoms in total. The van der Waals surface area contributed by atoms with Crippen molar-refractivity contribution in [3.05, 3.63) is 66.7 Å². The summed E-state index contributed by atoms with van der Waals surface area (Å²) in [7, 11) is 0. The number of fused-ring (bicyclic) bond motifs is 1. The van der Waals surface area contributed by atoms with Gasteiger partial charge >= 0.3 is 0 Å². The second-order valence-corrected chi connectivity index (χ2v) is 8.18. The van der Waals surface area contributed by atoms with Gasteiger partial charge in [0, 0.05) is 30.4 Å². The van der Waals surface area contributed by atoms with Gasteiger partial charge < -0.3 is 21.7 Å². The predicted molar refractivity (Wildman–Crippen MR) is 120 cm³/mol. The topological polar surface area (TPSA) is 97.3 Å². The van der Waals surface area contributed by atoms with E-state index in [1.165, 1.54) is 16.8 Å². The molecule has 5 rings (SSSR count). The lowest BCUT2D eigenvalue weighted by molar-refractivity contribution is -0.117. The number of carbonyl (C=O) groups excluding carboxylic acids is 1. The Morgan fingerprint density at radius 3 is 2.13 bits per heavy atom. The SMILES string of the molecule is NC(=O)CNC1C2CN(c3ccc(-c4ccc(-c5cccc(N)n5)cc4)cc3)CC21. The third-order valence-corrected chi connectivity index (χ3v) is 6.22. The number of aromatic nitrogens is 1. The van der Waals surface area contributed by atoms with Gasteiger partial charge in [-0.05, 0) is 47.2 Å². The van der Waals surface area contributed by atoms with Crippen LogP contribution in [-0.4, -0.2) is 36.6 Å². The van der Waals surface area contributed by atoms with Gasteiger partial charge in [-0.1, -0.05) is 42.5 Å². The molecule has 1 aliphatic heterocycles. The van der Waals surface area contributed by atoms with Crippen molar-refractivity contribution in [1.29, 1.82) is 0 Å². The molecule has 2 fully saturated rings. The highest BCUT2D eigenvalue weighted by molar-refractivity contribution is 5.76. The van der Waals surface area contributed by atoms with Gasteiger partial charge in [0.2, 0.25) is 5.91 Å². The van der Waals surface area contributed by atoms with E-state index in [-0.39, 0.29) is 12.5 Å². The first-order chi connectivity index (χ1) is 14.6. The predicted octanol–water partition coefficient (Wildman–Crippen LogP) is 2.51. The number of nitrogen functional groups attached to an aromatic ring is 1. The Kier molecular flexibility index (Phi) is 4.64. The van der Waals surface area contributed by atoms with Gasteiger partial charge in [0.15, 0.2) is 0 Å². The first kappa shape index (κ1) is 18.6. The van der Waals surface area contributed by atoms with Gasteiger partial charge in [-0.15, -0.1) is 0 Å². The summed E-state index contributed by atoms with van der Waals surface area (Å²) in [6.07, 6.45) is 0. The molecule has 2 aromatic carbocycles. The zero-order valence-electron chi connectivity index (χ0n) is 16.7. The number of nitrogens with zero attached hydrogens (tertiary/aromatic N) is 2. The number of anilines is 2. The van der Waals surface area contributed by atoms with Crippen molar-refractivity contribution in [2.75, 3.05) is 30.3 Å². The zero-order valence-corrected chi connectivity index (χ0v) is 16.7. The lowest BCUT2D eigenvalue weighted by Gasteiger charge is -2.22. The summed E-state index contributed by atoms with van der Waals surface area (Å²) in [6, 6.07) is 23.3. The van der Waals surface area contributed by atoms with Crippen molar-refractivity contribution in [2.24, 2.45) is 17.6 Å². The molecule has 1 aliphatic carbocycles. The molecule has 5 N–H and O–H groups in total. The van der Waals surface area contributed by atoms with E-state index in [4.69, 9.17) is 11.5 Å². The fourth-order valence-electron chi connectivity index (χ4n) is 4.57. The van der Waals surface area contributed by atoms with E-state index < -0.39 is 0 Å². The molecule has 0 spiro atoms. The molecule has 0 radical (unpaired) electrons. The Labute approximate surface area is 175 Å². The molecule has 2 unspecified atom stereocenters. The zero-order chi connectivity index (χ0) is 20.7. The quantitative estimate of drug-likeness (QED) is 0.592. The average molecular weight is 399 g/mol. The van der Waals surface area contributed by atoms with Crippen molar-refractivity contribution in [1.82, 2.24) is 10.3 Å². The standard InChI is InChI=1S/C24H25N5O/c25-22-3-1-2-21(28-22)17-6-4-15(5-7-17)16-8-10-18(11-9-16)29-13-19-20(14-29)24(19)27-12-23(26)30/h1-11,19-20,24,27H,12-14H2,(H2,25,28)(H2,26,30). The third-order valence-electron chi connectivity index (χ3n) is 6.22. The Morgan fingerprint density at radius 2 is 1.53 bits per heavy atom. The lowest BCUT2D eigenvalue weighted by Crippen LogP contribution is -2.35. The van der Waals surface area contributed by atoms with Gasteiger partial charge in [-0.2, -0.15) is 0 Å². The summed E-state index contributed by atoms with van der Waals surface area (Å²) in [5.41, 5.74) is 16.6. The molecule has 1 saturated heterocycles. The van der Waals surface area contributed by atoms with E-state index in [1.807, 2.05) is 12.1 Å². The molecule has 1 amide bonds. The highest BCUT2D eigenvalue weighted by Crippen LogP contribution is 2.46. The minimum atomic E-state index is -0.287. The number of carbonyl (C=O) groups is 1. The average Bonchev–Trinajstić information content (AvgIpc) is 3.21. The molecule has 0 bridgehead atoms. The second-order valence-electron chi connectivity index (χ2n) is 8.18. The third kappa shape index (κ3) is 3.62. The number of amides is 1. The Bertz CT molecular complexity index is 1050. The summed E-state index contributed by atoms with van der Waals surface area (Å²) in [6.45, 7) is 2.34. The van der Waals surface area contributed by atoms with E-state index in [0.29, 0.717) is 23.7 Å². The normalized spacial score (nSPS) is 22.0. The Morgan fingerprint density at radius 1 is 0.933 bits per heavy atom.